The fourth-order valence-electron chi connectivity index (χ4n) is 3.79. The Morgan fingerprint density at radius 1 is 0.889 bits per heavy atom. The van der Waals surface area contributed by atoms with Crippen LogP contribution in [0.25, 0.3) is 0 Å². The normalized spacial score (nSPS) is 11.8. The van der Waals surface area contributed by atoms with Gasteiger partial charge in [0.25, 0.3) is 0 Å². The number of hydrogen-bond donors (Lipinski definition) is 1. The van der Waals surface area contributed by atoms with Gasteiger partial charge in [0.05, 0.1) is 5.75 Å². The number of nitrogens with one attached hydrogen (secondary N) is 1. The number of hydrogen-bond acceptors (Lipinski definition) is 3. The molecule has 0 bridgehead atoms. The van der Waals surface area contributed by atoms with Crippen molar-refractivity contribution in [3.8, 4) is 0 Å². The highest BCUT2D eigenvalue weighted by molar-refractivity contribution is 7.99. The molecule has 0 unspecified atom stereocenters. The molecule has 0 radical (unpaired) electrons. The maximum absolute atomic E-state index is 13.6. The summed E-state index contributed by atoms with van der Waals surface area (Å²) in [5, 5.41) is 3.76. The Kier molecular flexibility index (Phi) is 10.9. The van der Waals surface area contributed by atoms with E-state index in [2.05, 4.69) is 19.2 Å². The van der Waals surface area contributed by atoms with Crippen LogP contribution < -0.4 is 5.32 Å². The highest BCUT2D eigenvalue weighted by Crippen LogP contribution is 2.20. The molecule has 0 aliphatic rings. The summed E-state index contributed by atoms with van der Waals surface area (Å²) in [6, 6.07) is 25.1. The highest BCUT2D eigenvalue weighted by Gasteiger charge is 2.30. The van der Waals surface area contributed by atoms with Crippen LogP contribution in [-0.4, -0.2) is 35.1 Å². The Labute approximate surface area is 224 Å². The average Bonchev–Trinajstić information content (AvgIpc) is 2.87. The standard InChI is InChI=1S/C30H35ClN2O2S/c1-22(2)18-32-30(35)28(17-24-7-5-4-6-8-24)33(19-25-11-9-23(3)10-12-25)29(34)21-36-20-26-13-15-27(31)16-14-26/h4-16,22,28H,17-21H2,1-3H3,(H,32,35)/t28-/m0/s1. The third-order valence-electron chi connectivity index (χ3n) is 5.84. The van der Waals surface area contributed by atoms with Gasteiger partial charge in [-0.25, -0.2) is 0 Å². The average molecular weight is 523 g/mol. The lowest BCUT2D eigenvalue weighted by atomic mass is 10.0. The number of carbonyl (C=O) groups is 2. The van der Waals surface area contributed by atoms with Gasteiger partial charge in [-0.1, -0.05) is 97.7 Å². The molecule has 0 saturated carbocycles. The summed E-state index contributed by atoms with van der Waals surface area (Å²) in [5.74, 6) is 1.15. The number of amides is 2. The lowest BCUT2D eigenvalue weighted by Crippen LogP contribution is -2.51. The zero-order valence-corrected chi connectivity index (χ0v) is 22.8. The van der Waals surface area contributed by atoms with Crippen LogP contribution in [0.2, 0.25) is 5.02 Å². The minimum atomic E-state index is -0.601. The predicted molar refractivity (Wildman–Crippen MR) is 151 cm³/mol. The van der Waals surface area contributed by atoms with Gasteiger partial charge in [-0.15, -0.1) is 11.8 Å². The lowest BCUT2D eigenvalue weighted by molar-refractivity contribution is -0.139. The minimum absolute atomic E-state index is 0.0461. The van der Waals surface area contributed by atoms with Gasteiger partial charge in [0.1, 0.15) is 6.04 Å². The number of benzene rings is 3. The number of rotatable bonds is 12. The largest absolute Gasteiger partial charge is 0.354 e. The van der Waals surface area contributed by atoms with E-state index in [1.54, 1.807) is 16.7 Å². The molecular formula is C30H35ClN2O2S. The summed E-state index contributed by atoms with van der Waals surface area (Å²) in [6.45, 7) is 7.12. The number of nitrogens with zero attached hydrogens (tertiary/aromatic N) is 1. The molecule has 0 aliphatic carbocycles. The summed E-state index contributed by atoms with van der Waals surface area (Å²) >= 11 is 7.54. The lowest BCUT2D eigenvalue weighted by Gasteiger charge is -2.32. The fourth-order valence-corrected chi connectivity index (χ4v) is 4.78. The molecular weight excluding hydrogens is 488 g/mol. The highest BCUT2D eigenvalue weighted by atomic mass is 35.5. The van der Waals surface area contributed by atoms with Crippen molar-refractivity contribution >= 4 is 35.2 Å². The maximum Gasteiger partial charge on any atom is 0.243 e. The van der Waals surface area contributed by atoms with Crippen molar-refractivity contribution in [1.29, 1.82) is 0 Å². The van der Waals surface area contributed by atoms with E-state index in [0.29, 0.717) is 36.2 Å². The summed E-state index contributed by atoms with van der Waals surface area (Å²) in [5.41, 5.74) is 4.30. The second kappa shape index (κ2) is 14.1. The second-order valence-electron chi connectivity index (χ2n) is 9.47. The van der Waals surface area contributed by atoms with Crippen molar-refractivity contribution in [2.24, 2.45) is 5.92 Å². The van der Waals surface area contributed by atoms with Gasteiger partial charge in [-0.05, 0) is 41.7 Å². The van der Waals surface area contributed by atoms with E-state index in [0.717, 1.165) is 22.3 Å². The van der Waals surface area contributed by atoms with E-state index in [4.69, 9.17) is 11.6 Å². The first kappa shape index (κ1) is 27.8. The van der Waals surface area contributed by atoms with E-state index < -0.39 is 6.04 Å². The topological polar surface area (TPSA) is 49.4 Å². The summed E-state index contributed by atoms with van der Waals surface area (Å²) in [6.07, 6.45) is 0.463. The minimum Gasteiger partial charge on any atom is -0.354 e. The second-order valence-corrected chi connectivity index (χ2v) is 10.9. The van der Waals surface area contributed by atoms with Crippen LogP contribution >= 0.6 is 23.4 Å². The molecule has 0 heterocycles. The van der Waals surface area contributed by atoms with Crippen molar-refractivity contribution in [2.45, 2.75) is 45.5 Å². The zero-order chi connectivity index (χ0) is 25.9. The molecule has 3 rings (SSSR count). The molecule has 1 atom stereocenters. The van der Waals surface area contributed by atoms with Crippen molar-refractivity contribution < 1.29 is 9.59 Å². The van der Waals surface area contributed by atoms with Gasteiger partial charge in [0.2, 0.25) is 11.8 Å². The molecule has 3 aromatic carbocycles. The molecule has 0 aliphatic heterocycles. The molecule has 6 heteroatoms. The summed E-state index contributed by atoms with van der Waals surface area (Å²) < 4.78 is 0. The van der Waals surface area contributed by atoms with Gasteiger partial charge < -0.3 is 10.2 Å². The monoisotopic (exact) mass is 522 g/mol. The van der Waals surface area contributed by atoms with Crippen molar-refractivity contribution in [2.75, 3.05) is 12.3 Å². The molecule has 36 heavy (non-hydrogen) atoms. The first-order chi connectivity index (χ1) is 17.3. The quantitative estimate of drug-likeness (QED) is 0.304. The summed E-state index contributed by atoms with van der Waals surface area (Å²) in [4.78, 5) is 28.8. The van der Waals surface area contributed by atoms with Crippen molar-refractivity contribution in [1.82, 2.24) is 10.2 Å². The van der Waals surface area contributed by atoms with Gasteiger partial charge in [-0.2, -0.15) is 0 Å². The Hall–Kier alpha value is -2.76. The molecule has 0 aromatic heterocycles. The first-order valence-corrected chi connectivity index (χ1v) is 13.8. The Morgan fingerprint density at radius 3 is 2.17 bits per heavy atom. The molecule has 0 saturated heterocycles. The van der Waals surface area contributed by atoms with Gasteiger partial charge in [0.15, 0.2) is 0 Å². The van der Waals surface area contributed by atoms with Crippen molar-refractivity contribution in [3.63, 3.8) is 0 Å². The number of halogens is 1. The maximum atomic E-state index is 13.6. The predicted octanol–water partition coefficient (Wildman–Crippen LogP) is 6.29. The van der Waals surface area contributed by atoms with Crippen LogP contribution in [-0.2, 0) is 28.3 Å². The van der Waals surface area contributed by atoms with Crippen LogP contribution in [0.5, 0.6) is 0 Å². The van der Waals surface area contributed by atoms with Gasteiger partial charge >= 0.3 is 0 Å². The molecule has 1 N–H and O–H groups in total. The van der Waals surface area contributed by atoms with E-state index in [-0.39, 0.29) is 17.6 Å². The van der Waals surface area contributed by atoms with Crippen LogP contribution in [0.4, 0.5) is 0 Å². The van der Waals surface area contributed by atoms with E-state index in [9.17, 15) is 9.59 Å². The van der Waals surface area contributed by atoms with E-state index in [1.165, 1.54) is 0 Å². The third-order valence-corrected chi connectivity index (χ3v) is 7.08. The molecule has 0 fully saturated rings. The third kappa shape index (κ3) is 9.03. The first-order valence-electron chi connectivity index (χ1n) is 12.3. The van der Waals surface area contributed by atoms with Crippen LogP contribution in [0, 0.1) is 12.8 Å². The molecule has 0 spiro atoms. The summed E-state index contributed by atoms with van der Waals surface area (Å²) in [7, 11) is 0. The van der Waals surface area contributed by atoms with Crippen LogP contribution in [0.1, 0.15) is 36.1 Å². The van der Waals surface area contributed by atoms with Gasteiger partial charge in [0, 0.05) is 30.3 Å². The Balaban J connectivity index is 1.82. The SMILES string of the molecule is Cc1ccc(CN(C(=O)CSCc2ccc(Cl)cc2)[C@@H](Cc2ccccc2)C(=O)NCC(C)C)cc1. The Morgan fingerprint density at radius 2 is 1.53 bits per heavy atom. The zero-order valence-electron chi connectivity index (χ0n) is 21.2. The van der Waals surface area contributed by atoms with Crippen molar-refractivity contribution in [3.05, 3.63) is 106 Å². The van der Waals surface area contributed by atoms with Gasteiger partial charge in [-0.3, -0.25) is 9.59 Å². The molecule has 4 nitrogen and oxygen atoms in total. The number of aryl methyl sites for hydroxylation is 1. The molecule has 190 valence electrons. The van der Waals surface area contributed by atoms with Crippen LogP contribution in [0.15, 0.2) is 78.9 Å². The molecule has 3 aromatic rings. The number of thioether (sulfide) groups is 1. The number of carbonyl (C=O) groups excluding carboxylic acids is 2. The van der Waals surface area contributed by atoms with E-state index in [1.807, 2.05) is 85.8 Å². The molecule has 2 amide bonds. The smallest absolute Gasteiger partial charge is 0.243 e. The Bertz CT molecular complexity index is 1100. The van der Waals surface area contributed by atoms with E-state index >= 15 is 0 Å². The fraction of sp³-hybridized carbons (Fsp3) is 0.333. The van der Waals surface area contributed by atoms with Crippen LogP contribution in [0.3, 0.4) is 0 Å².